The van der Waals surface area contributed by atoms with Crippen molar-refractivity contribution in [2.75, 3.05) is 23.7 Å². The summed E-state index contributed by atoms with van der Waals surface area (Å²) in [5.74, 6) is 1.74. The van der Waals surface area contributed by atoms with Gasteiger partial charge in [0.05, 0.1) is 0 Å². The van der Waals surface area contributed by atoms with E-state index in [2.05, 4.69) is 25.9 Å². The first-order valence-electron chi connectivity index (χ1n) is 8.55. The van der Waals surface area contributed by atoms with Crippen LogP contribution in [0.25, 0.3) is 5.82 Å². The number of anilines is 2. The van der Waals surface area contributed by atoms with Crippen molar-refractivity contribution in [2.24, 2.45) is 0 Å². The van der Waals surface area contributed by atoms with Gasteiger partial charge in [0.25, 0.3) is 0 Å². The SMILES string of the molecule is Cc1nc(NCCNC(=O)Nc2ccc(C)c(F)c2)cc(-n2cccc2)n1. The number of hydrogen-bond acceptors (Lipinski definition) is 4. The summed E-state index contributed by atoms with van der Waals surface area (Å²) in [5.41, 5.74) is 0.941. The molecule has 7 nitrogen and oxygen atoms in total. The van der Waals surface area contributed by atoms with E-state index >= 15 is 0 Å². The van der Waals surface area contributed by atoms with Crippen LogP contribution < -0.4 is 16.0 Å². The van der Waals surface area contributed by atoms with E-state index < -0.39 is 6.03 Å². The van der Waals surface area contributed by atoms with Gasteiger partial charge in [-0.25, -0.2) is 19.2 Å². The van der Waals surface area contributed by atoms with Crippen LogP contribution in [0.15, 0.2) is 48.8 Å². The quantitative estimate of drug-likeness (QED) is 0.583. The Kier molecular flexibility index (Phi) is 5.65. The lowest BCUT2D eigenvalue weighted by Gasteiger charge is -2.11. The molecule has 3 rings (SSSR count). The van der Waals surface area contributed by atoms with E-state index in [1.165, 1.54) is 6.07 Å². The summed E-state index contributed by atoms with van der Waals surface area (Å²) in [6.45, 7) is 4.35. The molecule has 0 spiro atoms. The third kappa shape index (κ3) is 5.04. The summed E-state index contributed by atoms with van der Waals surface area (Å²) < 4.78 is 15.4. The van der Waals surface area contributed by atoms with E-state index in [1.807, 2.05) is 42.1 Å². The molecular weight excluding hydrogens is 347 g/mol. The van der Waals surface area contributed by atoms with Crippen molar-refractivity contribution in [3.8, 4) is 5.82 Å². The van der Waals surface area contributed by atoms with Gasteiger partial charge in [0.2, 0.25) is 0 Å². The van der Waals surface area contributed by atoms with Crippen molar-refractivity contribution >= 4 is 17.5 Å². The molecule has 2 aromatic heterocycles. The molecule has 0 saturated heterocycles. The van der Waals surface area contributed by atoms with Gasteiger partial charge in [-0.2, -0.15) is 0 Å². The van der Waals surface area contributed by atoms with Crippen LogP contribution in [0.4, 0.5) is 20.7 Å². The predicted molar refractivity (Wildman–Crippen MR) is 103 cm³/mol. The Hall–Kier alpha value is -3.42. The zero-order valence-corrected chi connectivity index (χ0v) is 15.2. The highest BCUT2D eigenvalue weighted by molar-refractivity contribution is 5.89. The van der Waals surface area contributed by atoms with E-state index in [0.29, 0.717) is 36.0 Å². The second kappa shape index (κ2) is 8.31. The number of carbonyl (C=O) groups excluding carboxylic acids is 1. The molecule has 0 bridgehead atoms. The largest absolute Gasteiger partial charge is 0.368 e. The number of amides is 2. The topological polar surface area (TPSA) is 83.9 Å². The number of benzene rings is 1. The fourth-order valence-electron chi connectivity index (χ4n) is 2.47. The maximum atomic E-state index is 13.5. The Morgan fingerprint density at radius 3 is 2.63 bits per heavy atom. The maximum absolute atomic E-state index is 13.5. The highest BCUT2D eigenvalue weighted by atomic mass is 19.1. The third-order valence-corrected chi connectivity index (χ3v) is 3.84. The van der Waals surface area contributed by atoms with Gasteiger partial charge in [-0.05, 0) is 43.7 Å². The number of nitrogens with zero attached hydrogens (tertiary/aromatic N) is 3. The van der Waals surface area contributed by atoms with Crippen LogP contribution in [-0.2, 0) is 0 Å². The van der Waals surface area contributed by atoms with Crippen LogP contribution >= 0.6 is 0 Å². The Balaban J connectivity index is 1.48. The van der Waals surface area contributed by atoms with Crippen molar-refractivity contribution in [1.82, 2.24) is 19.9 Å². The van der Waals surface area contributed by atoms with Crippen LogP contribution in [0.3, 0.4) is 0 Å². The zero-order chi connectivity index (χ0) is 19.2. The van der Waals surface area contributed by atoms with Gasteiger partial charge in [-0.1, -0.05) is 6.07 Å². The second-order valence-electron chi connectivity index (χ2n) is 6.02. The molecule has 0 aliphatic rings. The Morgan fingerprint density at radius 2 is 1.89 bits per heavy atom. The molecule has 3 N–H and O–H groups in total. The first-order chi connectivity index (χ1) is 13.0. The number of aryl methyl sites for hydroxylation is 2. The lowest BCUT2D eigenvalue weighted by molar-refractivity contribution is 0.252. The summed E-state index contributed by atoms with van der Waals surface area (Å²) in [4.78, 5) is 20.6. The summed E-state index contributed by atoms with van der Waals surface area (Å²) in [7, 11) is 0. The molecule has 3 aromatic rings. The second-order valence-corrected chi connectivity index (χ2v) is 6.02. The first kappa shape index (κ1) is 18.4. The van der Waals surface area contributed by atoms with E-state index in [9.17, 15) is 9.18 Å². The summed E-state index contributed by atoms with van der Waals surface area (Å²) in [6, 6.07) is 9.85. The smallest absolute Gasteiger partial charge is 0.319 e. The molecule has 0 unspecified atom stereocenters. The number of aromatic nitrogens is 3. The number of hydrogen-bond donors (Lipinski definition) is 3. The van der Waals surface area contributed by atoms with Crippen LogP contribution in [0.1, 0.15) is 11.4 Å². The van der Waals surface area contributed by atoms with E-state index in [0.717, 1.165) is 5.82 Å². The van der Waals surface area contributed by atoms with Crippen LogP contribution in [0.5, 0.6) is 0 Å². The average Bonchev–Trinajstić information content (AvgIpc) is 3.16. The van der Waals surface area contributed by atoms with Crippen LogP contribution in [0.2, 0.25) is 0 Å². The molecule has 0 atom stereocenters. The zero-order valence-electron chi connectivity index (χ0n) is 15.2. The normalized spacial score (nSPS) is 10.5. The van der Waals surface area contributed by atoms with Crippen molar-refractivity contribution < 1.29 is 9.18 Å². The molecule has 27 heavy (non-hydrogen) atoms. The van der Waals surface area contributed by atoms with Crippen molar-refractivity contribution in [3.05, 3.63) is 66.0 Å². The molecule has 0 radical (unpaired) electrons. The van der Waals surface area contributed by atoms with Gasteiger partial charge in [0.15, 0.2) is 0 Å². The summed E-state index contributed by atoms with van der Waals surface area (Å²) in [5, 5.41) is 8.46. The van der Waals surface area contributed by atoms with Gasteiger partial charge >= 0.3 is 6.03 Å². The lowest BCUT2D eigenvalue weighted by atomic mass is 10.2. The molecule has 0 fully saturated rings. The van der Waals surface area contributed by atoms with Gasteiger partial charge in [-0.3, -0.25) is 0 Å². The number of urea groups is 1. The Bertz CT molecular complexity index is 926. The molecular formula is C19H21FN6O. The predicted octanol–water partition coefficient (Wildman–Crippen LogP) is 3.26. The van der Waals surface area contributed by atoms with Gasteiger partial charge in [0.1, 0.15) is 23.3 Å². The number of rotatable bonds is 6. The molecule has 8 heteroatoms. The van der Waals surface area contributed by atoms with Crippen molar-refractivity contribution in [3.63, 3.8) is 0 Å². The fourth-order valence-corrected chi connectivity index (χ4v) is 2.47. The third-order valence-electron chi connectivity index (χ3n) is 3.84. The molecule has 0 aliphatic heterocycles. The standard InChI is InChI=1S/C19H21FN6O/c1-13-5-6-15(11-16(13)20)25-19(27)22-8-7-21-17-12-18(24-14(2)23-17)26-9-3-4-10-26/h3-6,9-12H,7-8H2,1-2H3,(H,21,23,24)(H2,22,25,27). The van der Waals surface area contributed by atoms with E-state index in [1.54, 1.807) is 19.1 Å². The van der Waals surface area contributed by atoms with Gasteiger partial charge in [-0.15, -0.1) is 0 Å². The van der Waals surface area contributed by atoms with Gasteiger partial charge in [0, 0.05) is 37.2 Å². The summed E-state index contributed by atoms with van der Waals surface area (Å²) in [6.07, 6.45) is 3.82. The maximum Gasteiger partial charge on any atom is 0.319 e. The number of carbonyl (C=O) groups is 1. The minimum Gasteiger partial charge on any atom is -0.368 e. The molecule has 2 amide bonds. The van der Waals surface area contributed by atoms with Crippen molar-refractivity contribution in [2.45, 2.75) is 13.8 Å². The number of halogens is 1. The van der Waals surface area contributed by atoms with Crippen molar-refractivity contribution in [1.29, 1.82) is 0 Å². The fraction of sp³-hybridized carbons (Fsp3) is 0.211. The average molecular weight is 368 g/mol. The minimum absolute atomic E-state index is 0.355. The van der Waals surface area contributed by atoms with E-state index in [-0.39, 0.29) is 5.82 Å². The first-order valence-corrected chi connectivity index (χ1v) is 8.55. The lowest BCUT2D eigenvalue weighted by Crippen LogP contribution is -2.32. The Morgan fingerprint density at radius 1 is 1.11 bits per heavy atom. The number of nitrogens with one attached hydrogen (secondary N) is 3. The van der Waals surface area contributed by atoms with Crippen LogP contribution in [-0.4, -0.2) is 33.7 Å². The minimum atomic E-state index is -0.396. The van der Waals surface area contributed by atoms with Gasteiger partial charge < -0.3 is 20.5 Å². The molecule has 2 heterocycles. The van der Waals surface area contributed by atoms with E-state index in [4.69, 9.17) is 0 Å². The Labute approximate surface area is 156 Å². The molecule has 140 valence electrons. The summed E-state index contributed by atoms with van der Waals surface area (Å²) >= 11 is 0. The molecule has 1 aromatic carbocycles. The van der Waals surface area contributed by atoms with Crippen LogP contribution in [0, 0.1) is 19.7 Å². The molecule has 0 aliphatic carbocycles. The highest BCUT2D eigenvalue weighted by Crippen LogP contribution is 2.13. The monoisotopic (exact) mass is 368 g/mol. The highest BCUT2D eigenvalue weighted by Gasteiger charge is 2.05. The molecule has 0 saturated carbocycles.